The van der Waals surface area contributed by atoms with E-state index < -0.39 is 6.16 Å². The molecule has 0 spiro atoms. The Kier molecular flexibility index (Phi) is 4.84. The lowest BCUT2D eigenvalue weighted by molar-refractivity contribution is 0.110. The second-order valence-electron chi connectivity index (χ2n) is 5.95. The molecule has 0 bridgehead atoms. The molecule has 6 nitrogen and oxygen atoms in total. The van der Waals surface area contributed by atoms with E-state index in [4.69, 9.17) is 13.9 Å². The molecule has 1 heterocycles. The van der Waals surface area contributed by atoms with Crippen LogP contribution in [0.4, 0.5) is 4.79 Å². The zero-order valence-corrected chi connectivity index (χ0v) is 14.7. The van der Waals surface area contributed by atoms with Gasteiger partial charge < -0.3 is 13.9 Å². The summed E-state index contributed by atoms with van der Waals surface area (Å²) in [4.78, 5) is 27.7. The highest BCUT2D eigenvalue weighted by Crippen LogP contribution is 2.26. The average molecular weight is 373 g/mol. The summed E-state index contributed by atoms with van der Waals surface area (Å²) in [5, 5.41) is 0. The van der Waals surface area contributed by atoms with Crippen LogP contribution >= 0.6 is 0 Å². The Morgan fingerprint density at radius 1 is 1.04 bits per heavy atom. The van der Waals surface area contributed by atoms with Gasteiger partial charge in [-0.2, -0.15) is 0 Å². The van der Waals surface area contributed by atoms with Crippen LogP contribution in [0.25, 0.3) is 28.6 Å². The average Bonchev–Trinajstić information content (AvgIpc) is 2.70. The van der Waals surface area contributed by atoms with Gasteiger partial charge in [0.25, 0.3) is 0 Å². The summed E-state index contributed by atoms with van der Waals surface area (Å²) in [5.74, 6) is 0.624. The molecule has 0 saturated heterocycles. The predicted molar refractivity (Wildman–Crippen MR) is 104 cm³/mol. The Balaban J connectivity index is 1.43. The molecule has 0 aromatic heterocycles. The van der Waals surface area contributed by atoms with Crippen molar-refractivity contribution >= 4 is 23.3 Å². The Hall–Kier alpha value is -3.93. The third kappa shape index (κ3) is 4.07. The molecule has 1 aliphatic carbocycles. The first-order valence-electron chi connectivity index (χ1n) is 8.58. The zero-order chi connectivity index (χ0) is 19.3. The third-order valence-corrected chi connectivity index (χ3v) is 3.93. The fourth-order valence-electron chi connectivity index (χ4n) is 2.64. The van der Waals surface area contributed by atoms with E-state index in [9.17, 15) is 9.59 Å². The van der Waals surface area contributed by atoms with Crippen molar-refractivity contribution in [3.63, 3.8) is 0 Å². The number of aromatic nitrogens is 1. The molecular weight excluding hydrogens is 358 g/mol. The van der Waals surface area contributed by atoms with E-state index in [-0.39, 0.29) is 17.8 Å². The van der Waals surface area contributed by atoms with E-state index in [1.54, 1.807) is 24.3 Å². The molecular formula is C22H15NO5. The predicted octanol–water partition coefficient (Wildman–Crippen LogP) is 4.52. The van der Waals surface area contributed by atoms with E-state index >= 15 is 0 Å². The maximum atomic E-state index is 11.9. The van der Waals surface area contributed by atoms with Crippen LogP contribution in [0.5, 0.6) is 5.75 Å². The zero-order valence-electron chi connectivity index (χ0n) is 14.7. The summed E-state index contributed by atoms with van der Waals surface area (Å²) < 4.78 is 15.9. The molecule has 2 aliphatic rings. The molecule has 2 aromatic rings. The fourth-order valence-corrected chi connectivity index (χ4v) is 2.64. The second kappa shape index (κ2) is 7.75. The summed E-state index contributed by atoms with van der Waals surface area (Å²) in [7, 11) is 0. The summed E-state index contributed by atoms with van der Waals surface area (Å²) >= 11 is 0. The van der Waals surface area contributed by atoms with Gasteiger partial charge in [0.1, 0.15) is 23.6 Å². The lowest BCUT2D eigenvalue weighted by Crippen LogP contribution is -2.10. The minimum absolute atomic E-state index is 0.0875. The van der Waals surface area contributed by atoms with Gasteiger partial charge in [0, 0.05) is 12.1 Å². The first kappa shape index (κ1) is 17.5. The van der Waals surface area contributed by atoms with E-state index in [0.29, 0.717) is 22.6 Å². The number of ether oxygens (including phenoxy) is 2. The van der Waals surface area contributed by atoms with E-state index in [1.165, 1.54) is 18.2 Å². The molecule has 28 heavy (non-hydrogen) atoms. The lowest BCUT2D eigenvalue weighted by Gasteiger charge is -2.07. The number of hydrogen-bond acceptors (Lipinski definition) is 6. The molecule has 6 heteroatoms. The summed E-state index contributed by atoms with van der Waals surface area (Å²) in [6, 6.07) is 18.9. The number of carbonyl (C=O) groups excluding carboxylic acids is 1. The lowest BCUT2D eigenvalue weighted by atomic mass is 10.2. The van der Waals surface area contributed by atoms with Crippen LogP contribution in [-0.2, 0) is 4.74 Å². The van der Waals surface area contributed by atoms with Gasteiger partial charge in [0.05, 0.1) is 0 Å². The van der Waals surface area contributed by atoms with Crippen LogP contribution in [0.3, 0.4) is 0 Å². The van der Waals surface area contributed by atoms with Crippen LogP contribution in [0, 0.1) is 0 Å². The first-order chi connectivity index (χ1) is 13.7. The maximum absolute atomic E-state index is 11.9. The standard InChI is InChI=1S/C22H15NO5/c24-16-8-10-18-20(13-16)28-21-14-17(9-11-19(21)23-18)27-22(25)26-12-4-7-15-5-2-1-3-6-15/h1-11,13-14H,12H2. The number of nitrogens with zero attached hydrogens (tertiary/aromatic N) is 1. The van der Waals surface area contributed by atoms with Crippen LogP contribution in [-0.4, -0.2) is 17.7 Å². The van der Waals surface area contributed by atoms with Crippen molar-refractivity contribution < 1.29 is 18.7 Å². The van der Waals surface area contributed by atoms with Crippen LogP contribution in [0.1, 0.15) is 5.56 Å². The third-order valence-electron chi connectivity index (χ3n) is 3.93. The van der Waals surface area contributed by atoms with Crippen LogP contribution < -0.4 is 10.2 Å². The van der Waals surface area contributed by atoms with Gasteiger partial charge in [-0.1, -0.05) is 36.4 Å². The van der Waals surface area contributed by atoms with Crippen molar-refractivity contribution in [2.24, 2.45) is 0 Å². The molecule has 1 aliphatic heterocycles. The minimum atomic E-state index is -0.826. The Morgan fingerprint density at radius 2 is 1.89 bits per heavy atom. The summed E-state index contributed by atoms with van der Waals surface area (Å²) in [6.07, 6.45) is 2.75. The van der Waals surface area contributed by atoms with Crippen molar-refractivity contribution in [1.29, 1.82) is 0 Å². The molecule has 0 atom stereocenters. The van der Waals surface area contributed by atoms with Crippen molar-refractivity contribution in [2.45, 2.75) is 0 Å². The highest BCUT2D eigenvalue weighted by Gasteiger charge is 2.11. The highest BCUT2D eigenvalue weighted by atomic mass is 16.7. The van der Waals surface area contributed by atoms with Gasteiger partial charge in [0.2, 0.25) is 0 Å². The van der Waals surface area contributed by atoms with Crippen molar-refractivity contribution in [3.05, 3.63) is 88.6 Å². The highest BCUT2D eigenvalue weighted by molar-refractivity contribution is 5.78. The maximum Gasteiger partial charge on any atom is 0.514 e. The van der Waals surface area contributed by atoms with Gasteiger partial charge >= 0.3 is 6.16 Å². The van der Waals surface area contributed by atoms with Crippen molar-refractivity contribution in [1.82, 2.24) is 4.98 Å². The van der Waals surface area contributed by atoms with Gasteiger partial charge in [-0.3, -0.25) is 4.79 Å². The molecule has 0 saturated carbocycles. The van der Waals surface area contributed by atoms with Crippen LogP contribution in [0.15, 0.2) is 82.0 Å². The number of rotatable bonds is 4. The van der Waals surface area contributed by atoms with E-state index in [1.807, 2.05) is 36.4 Å². The molecule has 0 amide bonds. The number of fused-ring (bicyclic) bond motifs is 2. The Morgan fingerprint density at radius 3 is 2.75 bits per heavy atom. The molecule has 4 rings (SSSR count). The van der Waals surface area contributed by atoms with Gasteiger partial charge in [0.15, 0.2) is 16.8 Å². The topological polar surface area (TPSA) is 78.6 Å². The first-order valence-corrected chi connectivity index (χ1v) is 8.58. The normalized spacial score (nSPS) is 11.1. The van der Waals surface area contributed by atoms with E-state index in [2.05, 4.69) is 4.98 Å². The molecule has 2 aromatic carbocycles. The Bertz CT molecular complexity index is 1180. The number of benzene rings is 3. The molecule has 0 unspecified atom stereocenters. The summed E-state index contributed by atoms with van der Waals surface area (Å²) in [5.41, 5.74) is 2.39. The molecule has 0 radical (unpaired) electrons. The number of carbonyl (C=O) groups is 1. The van der Waals surface area contributed by atoms with Gasteiger partial charge in [-0.15, -0.1) is 0 Å². The quantitative estimate of drug-likeness (QED) is 0.297. The molecule has 138 valence electrons. The van der Waals surface area contributed by atoms with Gasteiger partial charge in [-0.05, 0) is 35.9 Å². The number of hydrogen-bond donors (Lipinski definition) is 0. The van der Waals surface area contributed by atoms with Crippen molar-refractivity contribution in [2.75, 3.05) is 6.61 Å². The van der Waals surface area contributed by atoms with Crippen molar-refractivity contribution in [3.8, 4) is 17.2 Å². The van der Waals surface area contributed by atoms with E-state index in [0.717, 1.165) is 5.56 Å². The molecule has 0 N–H and O–H groups in total. The monoisotopic (exact) mass is 373 g/mol. The van der Waals surface area contributed by atoms with Gasteiger partial charge in [-0.25, -0.2) is 9.78 Å². The fraction of sp³-hybridized carbons (Fsp3) is 0.0455. The van der Waals surface area contributed by atoms with Crippen LogP contribution in [0.2, 0.25) is 0 Å². The largest absolute Gasteiger partial charge is 0.514 e. The minimum Gasteiger partial charge on any atom is -0.453 e. The second-order valence-corrected chi connectivity index (χ2v) is 5.95. The smallest absolute Gasteiger partial charge is 0.453 e. The molecule has 0 fully saturated rings. The Labute approximate surface area is 160 Å². The SMILES string of the molecule is O=C(OCC=Cc1ccccc1)Oc1ccc2nc3ccc(=O)cc-3oc2c1. The summed E-state index contributed by atoms with van der Waals surface area (Å²) in [6.45, 7) is 0.0875.